The summed E-state index contributed by atoms with van der Waals surface area (Å²) in [7, 11) is 1.97. The Morgan fingerprint density at radius 1 is 1.38 bits per heavy atom. The van der Waals surface area contributed by atoms with Gasteiger partial charge in [-0.05, 0) is 60.3 Å². The van der Waals surface area contributed by atoms with E-state index in [1.165, 1.54) is 6.07 Å². The molecule has 0 fully saturated rings. The van der Waals surface area contributed by atoms with Gasteiger partial charge in [-0.1, -0.05) is 19.1 Å². The van der Waals surface area contributed by atoms with Crippen molar-refractivity contribution in [2.45, 2.75) is 32.7 Å². The van der Waals surface area contributed by atoms with Crippen molar-refractivity contribution < 1.29 is 4.39 Å². The van der Waals surface area contributed by atoms with Crippen LogP contribution in [0, 0.1) is 11.7 Å². The zero-order valence-electron chi connectivity index (χ0n) is 10.1. The van der Waals surface area contributed by atoms with E-state index < -0.39 is 0 Å². The third-order valence-corrected chi connectivity index (χ3v) is 3.74. The second-order valence-corrected chi connectivity index (χ2v) is 5.24. The monoisotopic (exact) mass is 287 g/mol. The van der Waals surface area contributed by atoms with Crippen LogP contribution in [0.25, 0.3) is 0 Å². The van der Waals surface area contributed by atoms with Gasteiger partial charge in [0, 0.05) is 6.04 Å². The Balaban J connectivity index is 2.62. The summed E-state index contributed by atoms with van der Waals surface area (Å²) < 4.78 is 13.9. The Hall–Kier alpha value is -0.410. The molecule has 90 valence electrons. The summed E-state index contributed by atoms with van der Waals surface area (Å²) in [5.74, 6) is 0.368. The molecule has 0 bridgehead atoms. The molecular weight excluding hydrogens is 269 g/mol. The molecule has 2 unspecified atom stereocenters. The van der Waals surface area contributed by atoms with Gasteiger partial charge in [0.2, 0.25) is 0 Å². The lowest BCUT2D eigenvalue weighted by molar-refractivity contribution is 0.439. The molecule has 0 heterocycles. The molecule has 1 aromatic rings. The average Bonchev–Trinajstić information content (AvgIpc) is 2.24. The van der Waals surface area contributed by atoms with Crippen LogP contribution < -0.4 is 5.32 Å². The predicted molar refractivity (Wildman–Crippen MR) is 70.1 cm³/mol. The highest BCUT2D eigenvalue weighted by Gasteiger charge is 2.11. The van der Waals surface area contributed by atoms with E-state index in [2.05, 4.69) is 35.1 Å². The Kier molecular flexibility index (Phi) is 5.42. The molecule has 0 radical (unpaired) electrons. The van der Waals surface area contributed by atoms with Crippen LogP contribution in [-0.2, 0) is 6.42 Å². The Morgan fingerprint density at radius 2 is 2.06 bits per heavy atom. The van der Waals surface area contributed by atoms with Gasteiger partial charge in [-0.15, -0.1) is 0 Å². The summed E-state index contributed by atoms with van der Waals surface area (Å²) in [5, 5.41) is 3.22. The Morgan fingerprint density at radius 3 is 2.69 bits per heavy atom. The molecule has 0 aromatic heterocycles. The van der Waals surface area contributed by atoms with Crippen LogP contribution in [0.4, 0.5) is 4.39 Å². The lowest BCUT2D eigenvalue weighted by Crippen LogP contribution is -2.24. The largest absolute Gasteiger partial charge is 0.317 e. The first kappa shape index (κ1) is 13.7. The summed E-state index contributed by atoms with van der Waals surface area (Å²) >= 11 is 3.30. The van der Waals surface area contributed by atoms with Crippen molar-refractivity contribution in [1.29, 1.82) is 0 Å². The van der Waals surface area contributed by atoms with Crippen molar-refractivity contribution in [3.63, 3.8) is 0 Å². The first-order chi connectivity index (χ1) is 7.54. The lowest BCUT2D eigenvalue weighted by Gasteiger charge is -2.17. The van der Waals surface area contributed by atoms with E-state index in [-0.39, 0.29) is 5.82 Å². The number of rotatable bonds is 5. The van der Waals surface area contributed by atoms with Crippen LogP contribution in [0.3, 0.4) is 0 Å². The van der Waals surface area contributed by atoms with E-state index in [0.717, 1.165) is 18.4 Å². The van der Waals surface area contributed by atoms with Crippen molar-refractivity contribution in [1.82, 2.24) is 5.32 Å². The van der Waals surface area contributed by atoms with Gasteiger partial charge >= 0.3 is 0 Å². The second kappa shape index (κ2) is 6.36. The van der Waals surface area contributed by atoms with Crippen LogP contribution in [0.1, 0.15) is 25.8 Å². The SMILES string of the molecule is CNC(C)CC(C)Cc1cccc(F)c1Br. The third kappa shape index (κ3) is 3.87. The molecule has 0 aliphatic carbocycles. The third-order valence-electron chi connectivity index (χ3n) is 2.85. The van der Waals surface area contributed by atoms with Crippen LogP contribution in [0.2, 0.25) is 0 Å². The molecule has 0 saturated heterocycles. The smallest absolute Gasteiger partial charge is 0.137 e. The van der Waals surface area contributed by atoms with Gasteiger partial charge in [-0.2, -0.15) is 0 Å². The van der Waals surface area contributed by atoms with E-state index >= 15 is 0 Å². The fourth-order valence-corrected chi connectivity index (χ4v) is 2.31. The Bertz CT molecular complexity index is 341. The minimum atomic E-state index is -0.175. The standard InChI is InChI=1S/C13H19BrFN/c1-9(7-10(2)16-3)8-11-5-4-6-12(15)13(11)14/h4-6,9-10,16H,7-8H2,1-3H3. The summed E-state index contributed by atoms with van der Waals surface area (Å²) in [6, 6.07) is 5.73. The fraction of sp³-hybridized carbons (Fsp3) is 0.538. The molecule has 0 aliphatic heterocycles. The van der Waals surface area contributed by atoms with Crippen LogP contribution >= 0.6 is 15.9 Å². The molecule has 0 saturated carbocycles. The molecule has 2 atom stereocenters. The predicted octanol–water partition coefficient (Wildman–Crippen LogP) is 3.76. The van der Waals surface area contributed by atoms with Crippen molar-refractivity contribution >= 4 is 15.9 Å². The minimum Gasteiger partial charge on any atom is -0.317 e. The molecule has 1 N–H and O–H groups in total. The highest BCUT2D eigenvalue weighted by atomic mass is 79.9. The molecule has 1 nitrogen and oxygen atoms in total. The topological polar surface area (TPSA) is 12.0 Å². The van der Waals surface area contributed by atoms with Gasteiger partial charge < -0.3 is 5.32 Å². The second-order valence-electron chi connectivity index (χ2n) is 4.45. The van der Waals surface area contributed by atoms with Crippen LogP contribution in [0.5, 0.6) is 0 Å². The first-order valence-corrected chi connectivity index (χ1v) is 6.44. The number of benzene rings is 1. The molecule has 1 rings (SSSR count). The maximum atomic E-state index is 13.3. The van der Waals surface area contributed by atoms with Crippen LogP contribution in [0.15, 0.2) is 22.7 Å². The normalized spacial score (nSPS) is 14.8. The number of nitrogens with one attached hydrogen (secondary N) is 1. The highest BCUT2D eigenvalue weighted by Crippen LogP contribution is 2.24. The van der Waals surface area contributed by atoms with Gasteiger partial charge in [-0.25, -0.2) is 4.39 Å². The average molecular weight is 288 g/mol. The molecule has 3 heteroatoms. The number of hydrogen-bond donors (Lipinski definition) is 1. The summed E-state index contributed by atoms with van der Waals surface area (Å²) in [5.41, 5.74) is 1.05. The highest BCUT2D eigenvalue weighted by molar-refractivity contribution is 9.10. The molecule has 0 amide bonds. The molecular formula is C13H19BrFN. The van der Waals surface area contributed by atoms with Crippen molar-refractivity contribution in [2.24, 2.45) is 5.92 Å². The zero-order chi connectivity index (χ0) is 12.1. The van der Waals surface area contributed by atoms with Gasteiger partial charge in [0.1, 0.15) is 5.82 Å². The molecule has 0 aliphatic rings. The maximum Gasteiger partial charge on any atom is 0.137 e. The van der Waals surface area contributed by atoms with E-state index in [1.54, 1.807) is 6.07 Å². The van der Waals surface area contributed by atoms with Gasteiger partial charge in [0.25, 0.3) is 0 Å². The fourth-order valence-electron chi connectivity index (χ4n) is 1.89. The number of halogens is 2. The van der Waals surface area contributed by atoms with E-state index in [4.69, 9.17) is 0 Å². The van der Waals surface area contributed by atoms with Gasteiger partial charge in [-0.3, -0.25) is 0 Å². The van der Waals surface area contributed by atoms with Gasteiger partial charge in [0.15, 0.2) is 0 Å². The van der Waals surface area contributed by atoms with Crippen molar-refractivity contribution in [2.75, 3.05) is 7.05 Å². The van der Waals surface area contributed by atoms with E-state index in [9.17, 15) is 4.39 Å². The summed E-state index contributed by atoms with van der Waals surface area (Å²) in [4.78, 5) is 0. The molecule has 16 heavy (non-hydrogen) atoms. The van der Waals surface area contributed by atoms with Crippen LogP contribution in [-0.4, -0.2) is 13.1 Å². The summed E-state index contributed by atoms with van der Waals surface area (Å²) in [6.07, 6.45) is 2.00. The number of hydrogen-bond acceptors (Lipinski definition) is 1. The zero-order valence-corrected chi connectivity index (χ0v) is 11.6. The van der Waals surface area contributed by atoms with E-state index in [0.29, 0.717) is 16.4 Å². The summed E-state index contributed by atoms with van der Waals surface area (Å²) in [6.45, 7) is 4.36. The van der Waals surface area contributed by atoms with Crippen molar-refractivity contribution in [3.05, 3.63) is 34.1 Å². The first-order valence-electron chi connectivity index (χ1n) is 5.64. The van der Waals surface area contributed by atoms with E-state index in [1.807, 2.05) is 13.1 Å². The molecule has 0 spiro atoms. The maximum absolute atomic E-state index is 13.3. The van der Waals surface area contributed by atoms with Gasteiger partial charge in [0.05, 0.1) is 4.47 Å². The Labute approximate surface area is 106 Å². The lowest BCUT2D eigenvalue weighted by atomic mass is 9.95. The minimum absolute atomic E-state index is 0.175. The van der Waals surface area contributed by atoms with Crippen molar-refractivity contribution in [3.8, 4) is 0 Å². The molecule has 1 aromatic carbocycles. The quantitative estimate of drug-likeness (QED) is 0.869.